The Bertz CT molecular complexity index is 974. The second-order valence-electron chi connectivity index (χ2n) is 6.89. The van der Waals surface area contributed by atoms with Gasteiger partial charge in [-0.3, -0.25) is 19.2 Å². The molecule has 0 spiro atoms. The first kappa shape index (κ1) is 22.4. The lowest BCUT2D eigenvalue weighted by atomic mass is 10.1. The standard InChI is InChI=1S/C20H25N3O5S/c1-15-9-11-17(12-10-15)6-5-13-21-20(24)16(2)22(29(3,27)28)18-7-4-8-19(14-18)23(25)26/h4,7-12,14,16H,5-6,13H2,1-3H3,(H,21,24)/t16-/m1/s1. The van der Waals surface area contributed by atoms with Gasteiger partial charge in [-0.15, -0.1) is 0 Å². The van der Waals surface area contributed by atoms with Crippen molar-refractivity contribution in [2.24, 2.45) is 0 Å². The number of benzene rings is 2. The molecule has 0 bridgehead atoms. The number of carbonyl (C=O) groups is 1. The molecular weight excluding hydrogens is 394 g/mol. The zero-order chi connectivity index (χ0) is 21.6. The molecule has 2 rings (SSSR count). The van der Waals surface area contributed by atoms with Crippen molar-refractivity contribution < 1.29 is 18.1 Å². The minimum Gasteiger partial charge on any atom is -0.354 e. The number of aryl methyl sites for hydroxylation is 2. The molecule has 0 aromatic heterocycles. The number of hydrogen-bond donors (Lipinski definition) is 1. The van der Waals surface area contributed by atoms with Crippen molar-refractivity contribution in [2.75, 3.05) is 17.1 Å². The van der Waals surface area contributed by atoms with Crippen molar-refractivity contribution in [3.05, 3.63) is 69.8 Å². The molecule has 1 N–H and O–H groups in total. The number of amides is 1. The van der Waals surface area contributed by atoms with Crippen LogP contribution in [-0.4, -0.2) is 38.1 Å². The van der Waals surface area contributed by atoms with E-state index in [1.54, 1.807) is 0 Å². The van der Waals surface area contributed by atoms with E-state index in [0.29, 0.717) is 13.0 Å². The number of carbonyl (C=O) groups excluding carboxylic acids is 1. The molecule has 0 aliphatic rings. The van der Waals surface area contributed by atoms with Crippen LogP contribution in [0, 0.1) is 17.0 Å². The fraction of sp³-hybridized carbons (Fsp3) is 0.350. The first-order valence-electron chi connectivity index (χ1n) is 9.16. The summed E-state index contributed by atoms with van der Waals surface area (Å²) in [6, 6.07) is 12.3. The molecule has 29 heavy (non-hydrogen) atoms. The number of anilines is 1. The number of nitro benzene ring substituents is 1. The summed E-state index contributed by atoms with van der Waals surface area (Å²) < 4.78 is 25.5. The van der Waals surface area contributed by atoms with Gasteiger partial charge < -0.3 is 5.32 Å². The third kappa shape index (κ3) is 6.28. The summed E-state index contributed by atoms with van der Waals surface area (Å²) in [6.07, 6.45) is 2.46. The summed E-state index contributed by atoms with van der Waals surface area (Å²) in [5.74, 6) is -0.467. The quantitative estimate of drug-likeness (QED) is 0.382. The first-order valence-corrected chi connectivity index (χ1v) is 11.0. The Hall–Kier alpha value is -2.94. The summed E-state index contributed by atoms with van der Waals surface area (Å²) >= 11 is 0. The maximum atomic E-state index is 12.5. The monoisotopic (exact) mass is 419 g/mol. The average molecular weight is 420 g/mol. The van der Waals surface area contributed by atoms with Crippen molar-refractivity contribution >= 4 is 27.3 Å². The largest absolute Gasteiger partial charge is 0.354 e. The highest BCUT2D eigenvalue weighted by atomic mass is 32.2. The van der Waals surface area contributed by atoms with E-state index in [2.05, 4.69) is 5.32 Å². The highest BCUT2D eigenvalue weighted by Gasteiger charge is 2.29. The summed E-state index contributed by atoms with van der Waals surface area (Å²) in [5, 5.41) is 13.7. The van der Waals surface area contributed by atoms with Gasteiger partial charge in [0.2, 0.25) is 15.9 Å². The van der Waals surface area contributed by atoms with E-state index >= 15 is 0 Å². The van der Waals surface area contributed by atoms with Gasteiger partial charge >= 0.3 is 0 Å². The van der Waals surface area contributed by atoms with Gasteiger partial charge in [-0.05, 0) is 38.3 Å². The molecule has 0 saturated heterocycles. The molecule has 0 heterocycles. The van der Waals surface area contributed by atoms with Gasteiger partial charge in [0.25, 0.3) is 5.69 Å². The fourth-order valence-corrected chi connectivity index (χ4v) is 4.13. The molecule has 156 valence electrons. The number of hydrogen-bond acceptors (Lipinski definition) is 5. The molecule has 0 unspecified atom stereocenters. The predicted molar refractivity (Wildman–Crippen MR) is 112 cm³/mol. The minimum atomic E-state index is -3.83. The third-order valence-electron chi connectivity index (χ3n) is 4.45. The van der Waals surface area contributed by atoms with E-state index < -0.39 is 26.9 Å². The molecule has 2 aromatic carbocycles. The van der Waals surface area contributed by atoms with Crippen LogP contribution < -0.4 is 9.62 Å². The maximum absolute atomic E-state index is 12.5. The molecule has 8 nitrogen and oxygen atoms in total. The lowest BCUT2D eigenvalue weighted by molar-refractivity contribution is -0.384. The first-order chi connectivity index (χ1) is 13.6. The third-order valence-corrected chi connectivity index (χ3v) is 5.69. The molecule has 1 atom stereocenters. The zero-order valence-electron chi connectivity index (χ0n) is 16.7. The Balaban J connectivity index is 2.04. The molecule has 0 radical (unpaired) electrons. The topological polar surface area (TPSA) is 110 Å². The molecule has 0 fully saturated rings. The zero-order valence-corrected chi connectivity index (χ0v) is 17.5. The van der Waals surface area contributed by atoms with Gasteiger partial charge in [-0.2, -0.15) is 0 Å². The molecule has 9 heteroatoms. The molecule has 0 aliphatic heterocycles. The van der Waals surface area contributed by atoms with E-state index in [4.69, 9.17) is 0 Å². The van der Waals surface area contributed by atoms with Crippen LogP contribution in [-0.2, 0) is 21.2 Å². The Morgan fingerprint density at radius 2 is 1.86 bits per heavy atom. The summed E-state index contributed by atoms with van der Waals surface area (Å²) in [7, 11) is -3.83. The Morgan fingerprint density at radius 3 is 2.45 bits per heavy atom. The lowest BCUT2D eigenvalue weighted by Crippen LogP contribution is -2.48. The molecule has 1 amide bonds. The smallest absolute Gasteiger partial charge is 0.271 e. The molecule has 0 saturated carbocycles. The van der Waals surface area contributed by atoms with E-state index in [9.17, 15) is 23.3 Å². The fourth-order valence-electron chi connectivity index (χ4n) is 2.96. The number of sulfonamides is 1. The van der Waals surface area contributed by atoms with Crippen LogP contribution in [0.1, 0.15) is 24.5 Å². The number of nitrogens with zero attached hydrogens (tertiary/aromatic N) is 2. The van der Waals surface area contributed by atoms with Gasteiger partial charge in [-0.1, -0.05) is 35.9 Å². The van der Waals surface area contributed by atoms with Gasteiger partial charge in [0.1, 0.15) is 6.04 Å². The molecule has 2 aromatic rings. The van der Waals surface area contributed by atoms with Crippen LogP contribution in [0.3, 0.4) is 0 Å². The van der Waals surface area contributed by atoms with Crippen molar-refractivity contribution in [1.29, 1.82) is 0 Å². The van der Waals surface area contributed by atoms with Crippen molar-refractivity contribution in [2.45, 2.75) is 32.7 Å². The second-order valence-corrected chi connectivity index (χ2v) is 8.75. The van der Waals surface area contributed by atoms with Crippen LogP contribution in [0.4, 0.5) is 11.4 Å². The van der Waals surface area contributed by atoms with Crippen molar-refractivity contribution in [1.82, 2.24) is 5.32 Å². The Labute approximate surface area is 170 Å². The second kappa shape index (κ2) is 9.51. The van der Waals surface area contributed by atoms with E-state index in [1.807, 2.05) is 31.2 Å². The number of rotatable bonds is 9. The summed E-state index contributed by atoms with van der Waals surface area (Å²) in [6.45, 7) is 3.86. The van der Waals surface area contributed by atoms with Crippen LogP contribution in [0.2, 0.25) is 0 Å². The molecular formula is C20H25N3O5S. The number of nitrogens with one attached hydrogen (secondary N) is 1. The minimum absolute atomic E-state index is 0.0732. The summed E-state index contributed by atoms with van der Waals surface area (Å²) in [4.78, 5) is 22.9. The highest BCUT2D eigenvalue weighted by molar-refractivity contribution is 7.92. The van der Waals surface area contributed by atoms with Gasteiger partial charge in [-0.25, -0.2) is 8.42 Å². The SMILES string of the molecule is Cc1ccc(CCCNC(=O)[C@@H](C)N(c2cccc([N+](=O)[O-])c2)S(C)(=O)=O)cc1. The van der Waals surface area contributed by atoms with E-state index in [-0.39, 0.29) is 11.4 Å². The number of nitro groups is 1. The molecule has 0 aliphatic carbocycles. The highest BCUT2D eigenvalue weighted by Crippen LogP contribution is 2.25. The van der Waals surface area contributed by atoms with Gasteiger partial charge in [0.05, 0.1) is 16.9 Å². The van der Waals surface area contributed by atoms with Gasteiger partial charge in [0.15, 0.2) is 0 Å². The maximum Gasteiger partial charge on any atom is 0.271 e. The van der Waals surface area contributed by atoms with Crippen LogP contribution in [0.5, 0.6) is 0 Å². The van der Waals surface area contributed by atoms with E-state index in [0.717, 1.165) is 28.6 Å². The normalized spacial score (nSPS) is 12.2. The van der Waals surface area contributed by atoms with Crippen LogP contribution in [0.25, 0.3) is 0 Å². The Kier molecular flexibility index (Phi) is 7.33. The van der Waals surface area contributed by atoms with Crippen LogP contribution >= 0.6 is 0 Å². The summed E-state index contributed by atoms with van der Waals surface area (Å²) in [5.41, 5.74) is 2.16. The van der Waals surface area contributed by atoms with Gasteiger partial charge in [0, 0.05) is 18.7 Å². The Morgan fingerprint density at radius 1 is 1.21 bits per heavy atom. The lowest BCUT2D eigenvalue weighted by Gasteiger charge is -2.28. The van der Waals surface area contributed by atoms with Crippen molar-refractivity contribution in [3.8, 4) is 0 Å². The predicted octanol–water partition coefficient (Wildman–Crippen LogP) is 2.81. The number of non-ortho nitro benzene ring substituents is 1. The average Bonchev–Trinajstić information content (AvgIpc) is 2.65. The van der Waals surface area contributed by atoms with E-state index in [1.165, 1.54) is 30.7 Å². The van der Waals surface area contributed by atoms with Crippen LogP contribution in [0.15, 0.2) is 48.5 Å². The van der Waals surface area contributed by atoms with Crippen molar-refractivity contribution in [3.63, 3.8) is 0 Å².